The first-order valence-electron chi connectivity index (χ1n) is 7.97. The Labute approximate surface area is 160 Å². The SMILES string of the molecule is O=C(Nc1c(-c2ccccc2)[nH]c2cccc[n+]12)c1ccc(Cl)cc1Cl. The van der Waals surface area contributed by atoms with E-state index in [9.17, 15) is 4.79 Å². The van der Waals surface area contributed by atoms with Crippen molar-refractivity contribution in [3.8, 4) is 11.3 Å². The average molecular weight is 383 g/mol. The van der Waals surface area contributed by atoms with Crippen LogP contribution in [-0.2, 0) is 0 Å². The van der Waals surface area contributed by atoms with Crippen LogP contribution in [0.5, 0.6) is 0 Å². The zero-order valence-corrected chi connectivity index (χ0v) is 15.1. The molecule has 6 heteroatoms. The number of amides is 1. The summed E-state index contributed by atoms with van der Waals surface area (Å²) < 4.78 is 1.89. The first-order chi connectivity index (χ1) is 12.6. The van der Waals surface area contributed by atoms with Crippen LogP contribution >= 0.6 is 23.2 Å². The first-order valence-corrected chi connectivity index (χ1v) is 8.73. The Bertz CT molecular complexity index is 1110. The largest absolute Gasteiger partial charge is 0.313 e. The van der Waals surface area contributed by atoms with Gasteiger partial charge in [0.2, 0.25) is 5.65 Å². The van der Waals surface area contributed by atoms with Crippen LogP contribution in [0.4, 0.5) is 5.82 Å². The molecule has 0 spiro atoms. The maximum absolute atomic E-state index is 12.8. The number of benzene rings is 2. The molecule has 1 amide bonds. The lowest BCUT2D eigenvalue weighted by atomic mass is 10.1. The van der Waals surface area contributed by atoms with E-state index in [1.165, 1.54) is 0 Å². The van der Waals surface area contributed by atoms with Gasteiger partial charge >= 0.3 is 5.91 Å². The Morgan fingerprint density at radius 3 is 2.50 bits per heavy atom. The number of carbonyl (C=O) groups excluding carboxylic acids is 1. The topological polar surface area (TPSA) is 49.0 Å². The fraction of sp³-hybridized carbons (Fsp3) is 0. The van der Waals surface area contributed by atoms with E-state index < -0.39 is 0 Å². The second kappa shape index (κ2) is 6.83. The summed E-state index contributed by atoms with van der Waals surface area (Å²) in [5.41, 5.74) is 3.01. The van der Waals surface area contributed by atoms with E-state index in [1.807, 2.05) is 59.1 Å². The minimum Gasteiger partial charge on any atom is -0.267 e. The van der Waals surface area contributed by atoms with Gasteiger partial charge in [-0.25, -0.2) is 9.72 Å². The molecule has 2 aromatic carbocycles. The molecule has 2 N–H and O–H groups in total. The molecule has 26 heavy (non-hydrogen) atoms. The van der Waals surface area contributed by atoms with Gasteiger partial charge in [0.1, 0.15) is 0 Å². The molecule has 2 aromatic heterocycles. The third-order valence-electron chi connectivity index (χ3n) is 4.06. The second-order valence-electron chi connectivity index (χ2n) is 5.75. The molecule has 0 aliphatic rings. The molecular formula is C20H14Cl2N3O+. The van der Waals surface area contributed by atoms with Crippen LogP contribution in [-0.4, -0.2) is 10.9 Å². The normalized spacial score (nSPS) is 10.8. The van der Waals surface area contributed by atoms with Gasteiger partial charge in [0.15, 0.2) is 5.69 Å². The minimum atomic E-state index is -0.305. The van der Waals surface area contributed by atoms with E-state index in [-0.39, 0.29) is 5.91 Å². The van der Waals surface area contributed by atoms with Crippen molar-refractivity contribution >= 4 is 40.6 Å². The number of nitrogens with one attached hydrogen (secondary N) is 2. The molecule has 4 nitrogen and oxygen atoms in total. The summed E-state index contributed by atoms with van der Waals surface area (Å²) in [6.07, 6.45) is 1.89. The lowest BCUT2D eigenvalue weighted by Gasteiger charge is -2.04. The molecule has 0 saturated carbocycles. The predicted octanol–water partition coefficient (Wildman–Crippen LogP) is 4.98. The summed E-state index contributed by atoms with van der Waals surface area (Å²) in [7, 11) is 0. The summed E-state index contributed by atoms with van der Waals surface area (Å²) in [6.45, 7) is 0. The number of imidazole rings is 1. The minimum absolute atomic E-state index is 0.305. The van der Waals surface area contributed by atoms with Gasteiger partial charge in [0.25, 0.3) is 5.82 Å². The molecule has 4 rings (SSSR count). The van der Waals surface area contributed by atoms with Crippen LogP contribution in [0.1, 0.15) is 10.4 Å². The zero-order chi connectivity index (χ0) is 18.1. The van der Waals surface area contributed by atoms with Crippen LogP contribution in [0.15, 0.2) is 72.9 Å². The molecule has 0 aliphatic heterocycles. The number of anilines is 1. The summed E-state index contributed by atoms with van der Waals surface area (Å²) in [5, 5.41) is 3.76. The van der Waals surface area contributed by atoms with E-state index in [0.29, 0.717) is 21.4 Å². The third-order valence-corrected chi connectivity index (χ3v) is 4.61. The number of pyridine rings is 1. The van der Waals surface area contributed by atoms with Gasteiger partial charge < -0.3 is 0 Å². The monoisotopic (exact) mass is 382 g/mol. The van der Waals surface area contributed by atoms with Gasteiger partial charge in [-0.3, -0.25) is 9.78 Å². The molecule has 4 aromatic rings. The number of rotatable bonds is 3. The molecule has 0 atom stereocenters. The van der Waals surface area contributed by atoms with Crippen molar-refractivity contribution in [2.75, 3.05) is 5.32 Å². The molecule has 0 fully saturated rings. The zero-order valence-electron chi connectivity index (χ0n) is 13.5. The van der Waals surface area contributed by atoms with Gasteiger partial charge in [-0.2, -0.15) is 0 Å². The maximum atomic E-state index is 12.8. The highest BCUT2D eigenvalue weighted by atomic mass is 35.5. The first kappa shape index (κ1) is 16.6. The molecule has 0 saturated heterocycles. The van der Waals surface area contributed by atoms with Crippen molar-refractivity contribution in [1.82, 2.24) is 4.98 Å². The highest BCUT2D eigenvalue weighted by molar-refractivity contribution is 6.37. The summed E-state index contributed by atoms with van der Waals surface area (Å²) in [4.78, 5) is 16.2. The van der Waals surface area contributed by atoms with Gasteiger partial charge in [-0.15, -0.1) is 0 Å². The molecule has 128 valence electrons. The number of aromatic nitrogens is 2. The van der Waals surface area contributed by atoms with Crippen molar-refractivity contribution < 1.29 is 9.20 Å². The van der Waals surface area contributed by atoms with E-state index in [0.717, 1.165) is 16.9 Å². The quantitative estimate of drug-likeness (QED) is 0.482. The molecule has 0 unspecified atom stereocenters. The van der Waals surface area contributed by atoms with Crippen LogP contribution in [0.25, 0.3) is 16.9 Å². The van der Waals surface area contributed by atoms with E-state index >= 15 is 0 Å². The number of hydrogen-bond donors (Lipinski definition) is 2. The molecular weight excluding hydrogens is 369 g/mol. The Kier molecular flexibility index (Phi) is 4.37. The third kappa shape index (κ3) is 3.05. The van der Waals surface area contributed by atoms with Crippen molar-refractivity contribution in [2.45, 2.75) is 0 Å². The van der Waals surface area contributed by atoms with E-state index in [4.69, 9.17) is 23.2 Å². The Morgan fingerprint density at radius 2 is 1.73 bits per heavy atom. The van der Waals surface area contributed by atoms with Crippen molar-refractivity contribution in [2.24, 2.45) is 0 Å². The maximum Gasteiger partial charge on any atom is 0.313 e. The smallest absolute Gasteiger partial charge is 0.267 e. The summed E-state index contributed by atoms with van der Waals surface area (Å²) in [5.74, 6) is 0.337. The lowest BCUT2D eigenvalue weighted by Crippen LogP contribution is -2.26. The fourth-order valence-corrected chi connectivity index (χ4v) is 3.33. The van der Waals surface area contributed by atoms with Crippen molar-refractivity contribution in [3.05, 3.63) is 88.5 Å². The summed E-state index contributed by atoms with van der Waals surface area (Å²) >= 11 is 12.1. The Morgan fingerprint density at radius 1 is 0.962 bits per heavy atom. The fourth-order valence-electron chi connectivity index (χ4n) is 2.83. The highest BCUT2D eigenvalue weighted by Gasteiger charge is 2.24. The Hall–Kier alpha value is -2.82. The summed E-state index contributed by atoms with van der Waals surface area (Å²) in [6, 6.07) is 20.4. The number of aromatic amines is 1. The number of fused-ring (bicyclic) bond motifs is 1. The number of nitrogens with zero attached hydrogens (tertiary/aromatic N) is 1. The van der Waals surface area contributed by atoms with Crippen molar-refractivity contribution in [1.29, 1.82) is 0 Å². The van der Waals surface area contributed by atoms with Crippen molar-refractivity contribution in [3.63, 3.8) is 0 Å². The Balaban J connectivity index is 1.81. The number of hydrogen-bond acceptors (Lipinski definition) is 1. The van der Waals surface area contributed by atoms with Crippen LogP contribution in [0.3, 0.4) is 0 Å². The number of halogens is 2. The van der Waals surface area contributed by atoms with Crippen LogP contribution < -0.4 is 9.72 Å². The van der Waals surface area contributed by atoms with Gasteiger partial charge in [0, 0.05) is 16.7 Å². The predicted molar refractivity (Wildman–Crippen MR) is 104 cm³/mol. The molecule has 0 bridgehead atoms. The van der Waals surface area contributed by atoms with E-state index in [1.54, 1.807) is 18.2 Å². The van der Waals surface area contributed by atoms with E-state index in [2.05, 4.69) is 10.3 Å². The number of carbonyl (C=O) groups is 1. The highest BCUT2D eigenvalue weighted by Crippen LogP contribution is 2.26. The lowest BCUT2D eigenvalue weighted by molar-refractivity contribution is -0.493. The van der Waals surface area contributed by atoms with Gasteiger partial charge in [-0.1, -0.05) is 59.6 Å². The van der Waals surface area contributed by atoms with Gasteiger partial charge in [-0.05, 0) is 24.3 Å². The van der Waals surface area contributed by atoms with Gasteiger partial charge in [0.05, 0.1) is 16.8 Å². The van der Waals surface area contributed by atoms with Crippen LogP contribution in [0.2, 0.25) is 10.0 Å². The second-order valence-corrected chi connectivity index (χ2v) is 6.59. The molecule has 0 aliphatic carbocycles. The average Bonchev–Trinajstić information content (AvgIpc) is 3.01. The number of H-pyrrole nitrogens is 1. The molecule has 0 radical (unpaired) electrons. The standard InChI is InChI=1S/C20H13Cl2N3O/c21-14-9-10-15(16(22)12-14)20(26)24-19-18(13-6-2-1-3-7-13)23-17-8-4-5-11-25(17)19/h1-12H,(H,24,26)/p+1. The molecule has 2 heterocycles. The van der Waals surface area contributed by atoms with Crippen LogP contribution in [0, 0.1) is 0 Å².